The Morgan fingerprint density at radius 3 is 1.69 bits per heavy atom. The summed E-state index contributed by atoms with van der Waals surface area (Å²) < 4.78 is 15.8. The summed E-state index contributed by atoms with van der Waals surface area (Å²) in [4.78, 5) is 10.4. The number of benzene rings is 10. The molecule has 0 N–H and O–H groups in total. The maximum Gasteiger partial charge on any atom is 0.178 e. The molecule has 0 bridgehead atoms. The average Bonchev–Trinajstić information content (AvgIpc) is 4.04. The number of hydrogen-bond acceptors (Lipinski definition) is 4. The molecule has 0 fully saturated rings. The van der Waals surface area contributed by atoms with Gasteiger partial charge in [0, 0.05) is 38.7 Å². The summed E-state index contributed by atoms with van der Waals surface area (Å²) in [6, 6.07) is 84.3. The van der Waals surface area contributed by atoms with Gasteiger partial charge in [-0.3, -0.25) is 0 Å². The van der Waals surface area contributed by atoms with E-state index in [2.05, 4.69) is 205 Å². The van der Waals surface area contributed by atoms with Crippen LogP contribution in [-0.2, 0) is 5.41 Å². The van der Waals surface area contributed by atoms with Crippen molar-refractivity contribution < 1.29 is 9.47 Å². The summed E-state index contributed by atoms with van der Waals surface area (Å²) in [5, 5.41) is 2.37. The Labute approximate surface area is 404 Å². The Kier molecular flexibility index (Phi) is 8.21. The van der Waals surface area contributed by atoms with Crippen LogP contribution in [0.2, 0.25) is 0 Å². The van der Waals surface area contributed by atoms with E-state index < -0.39 is 5.41 Å². The molecule has 70 heavy (non-hydrogen) atoms. The van der Waals surface area contributed by atoms with Gasteiger partial charge in [-0.05, 0) is 111 Å². The minimum absolute atomic E-state index is 0.569. The van der Waals surface area contributed by atoms with Crippen LogP contribution < -0.4 is 9.47 Å². The highest BCUT2D eigenvalue weighted by Crippen LogP contribution is 2.66. The molecule has 5 heteroatoms. The van der Waals surface area contributed by atoms with Crippen LogP contribution >= 0.6 is 0 Å². The van der Waals surface area contributed by atoms with Gasteiger partial charge in [0.05, 0.1) is 27.8 Å². The highest BCUT2D eigenvalue weighted by molar-refractivity contribution is 6.11. The topological polar surface area (TPSA) is 49.2 Å². The fourth-order valence-corrected chi connectivity index (χ4v) is 11.7. The van der Waals surface area contributed by atoms with Crippen LogP contribution in [0.5, 0.6) is 23.0 Å². The molecule has 0 amide bonds. The largest absolute Gasteiger partial charge is 0.449 e. The molecule has 0 unspecified atom stereocenters. The molecule has 0 saturated heterocycles. The van der Waals surface area contributed by atoms with Crippen molar-refractivity contribution in [3.8, 4) is 96.0 Å². The smallest absolute Gasteiger partial charge is 0.178 e. The first-order valence-electron chi connectivity index (χ1n) is 23.8. The van der Waals surface area contributed by atoms with Crippen LogP contribution in [0.4, 0.5) is 0 Å². The summed E-state index contributed by atoms with van der Waals surface area (Å²) in [6.45, 7) is 0. The monoisotopic (exact) mass is 893 g/mol. The van der Waals surface area contributed by atoms with Gasteiger partial charge in [0.15, 0.2) is 28.8 Å². The van der Waals surface area contributed by atoms with Crippen molar-refractivity contribution in [3.63, 3.8) is 0 Å². The number of hydrogen-bond donors (Lipinski definition) is 0. The zero-order valence-corrected chi connectivity index (χ0v) is 37.7. The second kappa shape index (κ2) is 14.8. The Morgan fingerprint density at radius 2 is 0.943 bits per heavy atom. The number of para-hydroxylation sites is 3. The van der Waals surface area contributed by atoms with Crippen molar-refractivity contribution in [2.24, 2.45) is 0 Å². The molecule has 1 aliphatic heterocycles. The van der Waals surface area contributed by atoms with Crippen LogP contribution in [0.15, 0.2) is 237 Å². The predicted octanol–water partition coefficient (Wildman–Crippen LogP) is 16.5. The lowest BCUT2D eigenvalue weighted by molar-refractivity contribution is 0.360. The van der Waals surface area contributed by atoms with Crippen LogP contribution in [-0.4, -0.2) is 14.5 Å². The molecule has 2 aromatic heterocycles. The van der Waals surface area contributed by atoms with Gasteiger partial charge in [0.2, 0.25) is 0 Å². The van der Waals surface area contributed by atoms with Gasteiger partial charge in [-0.1, -0.05) is 176 Å². The molecule has 12 aromatic rings. The Bertz CT molecular complexity index is 4030. The van der Waals surface area contributed by atoms with Crippen molar-refractivity contribution in [2.45, 2.75) is 5.41 Å². The molecular formula is C65H39N3O2. The van der Waals surface area contributed by atoms with E-state index in [0.717, 1.165) is 90.1 Å². The van der Waals surface area contributed by atoms with E-state index in [0.29, 0.717) is 5.82 Å². The second-order valence-electron chi connectivity index (χ2n) is 18.4. The molecule has 10 aromatic carbocycles. The zero-order valence-electron chi connectivity index (χ0n) is 37.7. The minimum atomic E-state index is -0.569. The summed E-state index contributed by atoms with van der Waals surface area (Å²) in [7, 11) is 0. The third-order valence-corrected chi connectivity index (χ3v) is 14.7. The van der Waals surface area contributed by atoms with Crippen LogP contribution in [0.25, 0.3) is 94.8 Å². The first-order chi connectivity index (χ1) is 34.7. The van der Waals surface area contributed by atoms with Gasteiger partial charge in [0.25, 0.3) is 0 Å². The standard InChI is InChI=1S/C65H39N3O2/c1-3-16-40(17-4-1)55-39-56(41-18-5-2-6-19-41)67-64(66-55)44-20-15-21-45(36-44)68-57-27-12-9-24-48(57)50-37-42(31-34-58(50)68)43-30-32-49-54(38-43)65(51-25-10-7-22-46(51)47-23-8-11-26-52(47)65)53-33-35-61-63(62(49)53)70-60-29-14-13-28-59(60)69-61/h1-39H. The first kappa shape index (κ1) is 38.8. The van der Waals surface area contributed by atoms with Gasteiger partial charge in [-0.15, -0.1) is 0 Å². The number of nitrogens with zero attached hydrogens (tertiary/aromatic N) is 3. The van der Waals surface area contributed by atoms with E-state index >= 15 is 0 Å². The van der Waals surface area contributed by atoms with E-state index in [9.17, 15) is 0 Å². The molecule has 0 radical (unpaired) electrons. The molecule has 0 atom stereocenters. The Hall–Kier alpha value is -9.32. The van der Waals surface area contributed by atoms with Crippen molar-refractivity contribution in [1.29, 1.82) is 0 Å². The second-order valence-corrected chi connectivity index (χ2v) is 18.4. The molecule has 3 aliphatic rings. The molecule has 5 nitrogen and oxygen atoms in total. The lowest BCUT2D eigenvalue weighted by Crippen LogP contribution is -2.26. The highest BCUT2D eigenvalue weighted by Gasteiger charge is 2.53. The highest BCUT2D eigenvalue weighted by atomic mass is 16.6. The van der Waals surface area contributed by atoms with Crippen LogP contribution in [0, 0.1) is 0 Å². The van der Waals surface area contributed by atoms with E-state index in [1.54, 1.807) is 0 Å². The van der Waals surface area contributed by atoms with Crippen LogP contribution in [0.3, 0.4) is 0 Å². The lowest BCUT2D eigenvalue weighted by Gasteiger charge is -2.31. The summed E-state index contributed by atoms with van der Waals surface area (Å²) in [5.74, 6) is 3.60. The van der Waals surface area contributed by atoms with Gasteiger partial charge >= 0.3 is 0 Å². The minimum Gasteiger partial charge on any atom is -0.449 e. The molecule has 0 saturated carbocycles. The number of fused-ring (bicyclic) bond motifs is 16. The number of rotatable bonds is 5. The van der Waals surface area contributed by atoms with Crippen molar-refractivity contribution in [2.75, 3.05) is 0 Å². The zero-order chi connectivity index (χ0) is 45.9. The lowest BCUT2D eigenvalue weighted by atomic mass is 9.70. The van der Waals surface area contributed by atoms with E-state index in [4.69, 9.17) is 19.4 Å². The van der Waals surface area contributed by atoms with Gasteiger partial charge in [0.1, 0.15) is 0 Å². The Balaban J connectivity index is 0.894. The normalized spacial score (nSPS) is 13.2. The summed E-state index contributed by atoms with van der Waals surface area (Å²) in [5.41, 5.74) is 19.6. The third kappa shape index (κ3) is 5.54. The van der Waals surface area contributed by atoms with E-state index in [1.165, 1.54) is 44.2 Å². The maximum absolute atomic E-state index is 6.84. The van der Waals surface area contributed by atoms with E-state index in [-0.39, 0.29) is 0 Å². The van der Waals surface area contributed by atoms with Crippen molar-refractivity contribution in [3.05, 3.63) is 259 Å². The fraction of sp³-hybridized carbons (Fsp3) is 0.0154. The first-order valence-corrected chi connectivity index (χ1v) is 23.8. The van der Waals surface area contributed by atoms with Gasteiger partial charge in [-0.2, -0.15) is 0 Å². The molecular weight excluding hydrogens is 855 g/mol. The quantitative estimate of drug-likeness (QED) is 0.173. The fourth-order valence-electron chi connectivity index (χ4n) is 11.7. The molecule has 3 heterocycles. The molecule has 15 rings (SSSR count). The van der Waals surface area contributed by atoms with Crippen molar-refractivity contribution in [1.82, 2.24) is 14.5 Å². The predicted molar refractivity (Wildman–Crippen MR) is 281 cm³/mol. The maximum atomic E-state index is 6.84. The molecule has 1 spiro atoms. The number of aromatic nitrogens is 3. The SMILES string of the molecule is c1ccc(-c2cc(-c3ccccc3)nc(-c3cccc(-n4c5ccccc5c5cc(-c6ccc7c(c6)C6(c8ccccc8-c8ccccc86)c6ccc8c(c6-7)Oc6ccccc6O8)ccc54)c3)n2)cc1. The molecule has 326 valence electrons. The van der Waals surface area contributed by atoms with Crippen molar-refractivity contribution >= 4 is 21.8 Å². The Morgan fingerprint density at radius 1 is 0.343 bits per heavy atom. The van der Waals surface area contributed by atoms with E-state index in [1.807, 2.05) is 36.4 Å². The van der Waals surface area contributed by atoms with Gasteiger partial charge in [-0.25, -0.2) is 9.97 Å². The number of ether oxygens (including phenoxy) is 2. The average molecular weight is 894 g/mol. The third-order valence-electron chi connectivity index (χ3n) is 14.7. The van der Waals surface area contributed by atoms with Crippen LogP contribution in [0.1, 0.15) is 22.3 Å². The summed E-state index contributed by atoms with van der Waals surface area (Å²) >= 11 is 0. The molecule has 2 aliphatic carbocycles. The van der Waals surface area contributed by atoms with Gasteiger partial charge < -0.3 is 14.0 Å². The summed E-state index contributed by atoms with van der Waals surface area (Å²) in [6.07, 6.45) is 0.